The lowest BCUT2D eigenvalue weighted by atomic mass is 10.1. The first-order valence-electron chi connectivity index (χ1n) is 13.5. The number of hydrogen-bond acceptors (Lipinski definition) is 5. The number of thiophene rings is 1. The smallest absolute Gasteiger partial charge is 0.416 e. The molecule has 0 radical (unpaired) electrons. The monoisotopic (exact) mass is 575 g/mol. The van der Waals surface area contributed by atoms with Crippen LogP contribution in [-0.2, 0) is 12.8 Å². The summed E-state index contributed by atoms with van der Waals surface area (Å²) in [6.07, 6.45) is -2.28. The topological polar surface area (TPSA) is 39.7 Å². The Kier molecular flexibility index (Phi) is 7.85. The van der Waals surface area contributed by atoms with Gasteiger partial charge in [-0.3, -0.25) is 0 Å². The van der Waals surface area contributed by atoms with Crippen LogP contribution < -0.4 is 19.5 Å². The van der Waals surface area contributed by atoms with Crippen LogP contribution in [0.4, 0.5) is 13.2 Å². The largest absolute Gasteiger partial charge is 0.490 e. The molecular formula is C33H28F3NO3S. The molecular weight excluding hydrogens is 547 g/mol. The van der Waals surface area contributed by atoms with Crippen LogP contribution in [0.15, 0.2) is 97.1 Å². The predicted molar refractivity (Wildman–Crippen MR) is 156 cm³/mol. The Bertz CT molecular complexity index is 1590. The normalized spacial score (nSPS) is 14.2. The van der Waals surface area contributed by atoms with Crippen LogP contribution in [0.5, 0.6) is 23.0 Å². The molecule has 0 saturated carbocycles. The summed E-state index contributed by atoms with van der Waals surface area (Å²) in [6.45, 7) is 2.32. The van der Waals surface area contributed by atoms with Gasteiger partial charge in [0.15, 0.2) is 5.75 Å². The first kappa shape index (κ1) is 27.2. The van der Waals surface area contributed by atoms with E-state index >= 15 is 0 Å². The maximum Gasteiger partial charge on any atom is 0.416 e. The number of hydrogen-bond donors (Lipinski definition) is 1. The SMILES string of the molecule is FC(F)(F)c1ccc(-c2sc3cc(OCc4ccccc4)ccc3c2Oc2ccc(OC3CCNCC3)cc2)cc1. The van der Waals surface area contributed by atoms with Crippen LogP contribution in [0, 0.1) is 0 Å². The van der Waals surface area contributed by atoms with Gasteiger partial charge in [0.1, 0.15) is 30.0 Å². The Morgan fingerprint density at radius 3 is 2.17 bits per heavy atom. The van der Waals surface area contributed by atoms with Crippen molar-refractivity contribution in [1.82, 2.24) is 5.32 Å². The fourth-order valence-electron chi connectivity index (χ4n) is 4.80. The zero-order valence-electron chi connectivity index (χ0n) is 22.1. The molecule has 1 N–H and O–H groups in total. The van der Waals surface area contributed by atoms with Crippen molar-refractivity contribution in [3.05, 3.63) is 108 Å². The molecule has 0 spiro atoms. The van der Waals surface area contributed by atoms with E-state index in [4.69, 9.17) is 14.2 Å². The van der Waals surface area contributed by atoms with Gasteiger partial charge in [-0.15, -0.1) is 11.3 Å². The third-order valence-corrected chi connectivity index (χ3v) is 8.15. The minimum absolute atomic E-state index is 0.188. The molecule has 0 aliphatic carbocycles. The number of halogens is 3. The van der Waals surface area contributed by atoms with Gasteiger partial charge >= 0.3 is 6.18 Å². The molecule has 1 aromatic heterocycles. The van der Waals surface area contributed by atoms with Crippen molar-refractivity contribution in [3.8, 4) is 33.4 Å². The van der Waals surface area contributed by atoms with Gasteiger partial charge in [0.25, 0.3) is 0 Å². The van der Waals surface area contributed by atoms with E-state index in [9.17, 15) is 13.2 Å². The number of benzene rings is 4. The number of alkyl halides is 3. The molecule has 4 aromatic carbocycles. The summed E-state index contributed by atoms with van der Waals surface area (Å²) >= 11 is 1.46. The van der Waals surface area contributed by atoms with Crippen molar-refractivity contribution >= 4 is 21.4 Å². The maximum absolute atomic E-state index is 13.2. The minimum Gasteiger partial charge on any atom is -0.490 e. The predicted octanol–water partition coefficient (Wildman–Crippen LogP) is 9.09. The van der Waals surface area contributed by atoms with Crippen LogP contribution in [0.2, 0.25) is 0 Å². The molecule has 0 amide bonds. The van der Waals surface area contributed by atoms with E-state index in [1.165, 1.54) is 23.5 Å². The number of rotatable bonds is 8. The standard InChI is InChI=1S/C33H28F3NO3S/c34-33(35,36)24-8-6-23(7-9-24)32-31(40-26-12-10-25(11-13-26)39-27-16-18-37-19-17-27)29-15-14-28(20-30(29)41-32)38-21-22-4-2-1-3-5-22/h1-15,20,27,37H,16-19,21H2. The summed E-state index contributed by atoms with van der Waals surface area (Å²) in [5.41, 5.74) is 1.01. The van der Waals surface area contributed by atoms with E-state index < -0.39 is 11.7 Å². The third-order valence-electron chi connectivity index (χ3n) is 6.97. The first-order valence-corrected chi connectivity index (χ1v) is 14.3. The Morgan fingerprint density at radius 1 is 0.780 bits per heavy atom. The fraction of sp³-hybridized carbons (Fsp3) is 0.212. The fourth-order valence-corrected chi connectivity index (χ4v) is 5.96. The van der Waals surface area contributed by atoms with Gasteiger partial charge in [-0.2, -0.15) is 13.2 Å². The van der Waals surface area contributed by atoms with Gasteiger partial charge in [-0.1, -0.05) is 42.5 Å². The highest BCUT2D eigenvalue weighted by molar-refractivity contribution is 7.22. The second-order valence-corrected chi connectivity index (χ2v) is 11.0. The molecule has 1 aliphatic rings. The van der Waals surface area contributed by atoms with Gasteiger partial charge < -0.3 is 19.5 Å². The van der Waals surface area contributed by atoms with Gasteiger partial charge in [-0.25, -0.2) is 0 Å². The number of piperidine rings is 1. The maximum atomic E-state index is 13.2. The quantitative estimate of drug-likeness (QED) is 0.200. The van der Waals surface area contributed by atoms with E-state index in [0.717, 1.165) is 64.3 Å². The summed E-state index contributed by atoms with van der Waals surface area (Å²) in [7, 11) is 0. The summed E-state index contributed by atoms with van der Waals surface area (Å²) in [5, 5.41) is 4.19. The van der Waals surface area contributed by atoms with Crippen LogP contribution in [-0.4, -0.2) is 19.2 Å². The third kappa shape index (κ3) is 6.50. The first-order chi connectivity index (χ1) is 19.9. The van der Waals surface area contributed by atoms with E-state index in [-0.39, 0.29) is 6.10 Å². The van der Waals surface area contributed by atoms with Gasteiger partial charge in [-0.05, 0) is 91.7 Å². The number of nitrogens with one attached hydrogen (secondary N) is 1. The molecule has 0 atom stereocenters. The average molecular weight is 576 g/mol. The molecule has 0 bridgehead atoms. The molecule has 210 valence electrons. The van der Waals surface area contributed by atoms with Crippen LogP contribution in [0.25, 0.3) is 20.5 Å². The molecule has 6 rings (SSSR count). The minimum atomic E-state index is -4.40. The molecule has 1 saturated heterocycles. The number of fused-ring (bicyclic) bond motifs is 1. The molecule has 8 heteroatoms. The molecule has 1 aliphatic heterocycles. The Hall–Kier alpha value is -4.01. The Balaban J connectivity index is 1.29. The molecule has 1 fully saturated rings. The zero-order valence-corrected chi connectivity index (χ0v) is 22.9. The summed E-state index contributed by atoms with van der Waals surface area (Å²) in [6, 6.07) is 28.3. The van der Waals surface area contributed by atoms with Gasteiger partial charge in [0, 0.05) is 10.1 Å². The van der Waals surface area contributed by atoms with Crippen LogP contribution in [0.1, 0.15) is 24.0 Å². The van der Waals surface area contributed by atoms with E-state index in [0.29, 0.717) is 29.4 Å². The van der Waals surface area contributed by atoms with Crippen LogP contribution in [0.3, 0.4) is 0 Å². The second kappa shape index (κ2) is 11.8. The van der Waals surface area contributed by atoms with Gasteiger partial charge in [0.05, 0.1) is 10.4 Å². The van der Waals surface area contributed by atoms with Crippen molar-refractivity contribution in [2.45, 2.75) is 31.7 Å². The van der Waals surface area contributed by atoms with Crippen molar-refractivity contribution in [1.29, 1.82) is 0 Å². The highest BCUT2D eigenvalue weighted by Gasteiger charge is 2.30. The Morgan fingerprint density at radius 2 is 1.46 bits per heavy atom. The lowest BCUT2D eigenvalue weighted by Crippen LogP contribution is -2.34. The average Bonchev–Trinajstić information content (AvgIpc) is 3.35. The van der Waals surface area contributed by atoms with Gasteiger partial charge in [0.2, 0.25) is 0 Å². The lowest BCUT2D eigenvalue weighted by Gasteiger charge is -2.23. The van der Waals surface area contributed by atoms with Crippen molar-refractivity contribution in [3.63, 3.8) is 0 Å². The van der Waals surface area contributed by atoms with E-state index in [1.54, 1.807) is 0 Å². The Labute approximate surface area is 240 Å². The zero-order chi connectivity index (χ0) is 28.2. The second-order valence-electron chi connectivity index (χ2n) is 9.91. The molecule has 5 aromatic rings. The van der Waals surface area contributed by atoms with E-state index in [1.807, 2.05) is 72.8 Å². The summed E-state index contributed by atoms with van der Waals surface area (Å²) in [5.74, 6) is 2.68. The molecule has 4 nitrogen and oxygen atoms in total. The van der Waals surface area contributed by atoms with Crippen molar-refractivity contribution in [2.24, 2.45) is 0 Å². The molecule has 0 unspecified atom stereocenters. The van der Waals surface area contributed by atoms with Crippen LogP contribution >= 0.6 is 11.3 Å². The lowest BCUT2D eigenvalue weighted by molar-refractivity contribution is -0.137. The van der Waals surface area contributed by atoms with Crippen molar-refractivity contribution < 1.29 is 27.4 Å². The number of ether oxygens (including phenoxy) is 3. The van der Waals surface area contributed by atoms with E-state index in [2.05, 4.69) is 5.32 Å². The highest BCUT2D eigenvalue weighted by Crippen LogP contribution is 2.47. The van der Waals surface area contributed by atoms with Crippen molar-refractivity contribution in [2.75, 3.05) is 13.1 Å². The molecule has 2 heterocycles. The molecule has 41 heavy (non-hydrogen) atoms. The summed E-state index contributed by atoms with van der Waals surface area (Å²) < 4.78 is 59.1. The highest BCUT2D eigenvalue weighted by atomic mass is 32.1. The summed E-state index contributed by atoms with van der Waals surface area (Å²) in [4.78, 5) is 0.740.